The molecule has 1 aliphatic carbocycles. The largest absolute Gasteiger partial charge is 0.385 e. The number of nitrogens with one attached hydrogen (secondary N) is 3. The average molecular weight is 289 g/mol. The molecular formula is C17H27N3O. The average Bonchev–Trinajstić information content (AvgIpc) is 2.47. The van der Waals surface area contributed by atoms with E-state index in [0.717, 1.165) is 30.8 Å². The molecule has 4 heteroatoms. The Bertz CT molecular complexity index is 436. The number of carbonyl (C=O) groups excluding carboxylic acids is 1. The van der Waals surface area contributed by atoms with E-state index in [1.807, 2.05) is 24.3 Å². The molecule has 1 aliphatic rings. The van der Waals surface area contributed by atoms with Crippen LogP contribution < -0.4 is 16.0 Å². The van der Waals surface area contributed by atoms with Crippen molar-refractivity contribution in [2.45, 2.75) is 52.0 Å². The standard InChI is InChI=1S/C17H27N3O/c1-13(2)12-18-14-8-10-16(11-9-14)20-17(21)19-15-6-4-3-5-7-15/h8-11,13,15,18H,3-7,12H2,1-2H3,(H2,19,20,21). The second-order valence-corrected chi connectivity index (χ2v) is 6.29. The smallest absolute Gasteiger partial charge is 0.319 e. The Morgan fingerprint density at radius 1 is 1.10 bits per heavy atom. The summed E-state index contributed by atoms with van der Waals surface area (Å²) in [5, 5.41) is 9.32. The number of hydrogen-bond donors (Lipinski definition) is 3. The van der Waals surface area contributed by atoms with Gasteiger partial charge in [0.1, 0.15) is 0 Å². The first-order valence-electron chi connectivity index (χ1n) is 8.05. The lowest BCUT2D eigenvalue weighted by Crippen LogP contribution is -2.38. The van der Waals surface area contributed by atoms with E-state index in [1.165, 1.54) is 19.3 Å². The summed E-state index contributed by atoms with van der Waals surface area (Å²) < 4.78 is 0. The van der Waals surface area contributed by atoms with Crippen molar-refractivity contribution in [1.29, 1.82) is 0 Å². The fourth-order valence-corrected chi connectivity index (χ4v) is 2.59. The van der Waals surface area contributed by atoms with Crippen molar-refractivity contribution in [2.75, 3.05) is 17.2 Å². The van der Waals surface area contributed by atoms with Gasteiger partial charge in [0.25, 0.3) is 0 Å². The van der Waals surface area contributed by atoms with E-state index in [9.17, 15) is 4.79 Å². The van der Waals surface area contributed by atoms with Crippen LogP contribution in [0.5, 0.6) is 0 Å². The molecule has 116 valence electrons. The molecule has 0 aromatic heterocycles. The van der Waals surface area contributed by atoms with E-state index >= 15 is 0 Å². The second-order valence-electron chi connectivity index (χ2n) is 6.29. The van der Waals surface area contributed by atoms with E-state index in [1.54, 1.807) is 0 Å². The summed E-state index contributed by atoms with van der Waals surface area (Å²) >= 11 is 0. The van der Waals surface area contributed by atoms with Gasteiger partial charge in [0.2, 0.25) is 0 Å². The van der Waals surface area contributed by atoms with Gasteiger partial charge in [0.05, 0.1) is 0 Å². The summed E-state index contributed by atoms with van der Waals surface area (Å²) in [4.78, 5) is 11.9. The van der Waals surface area contributed by atoms with E-state index in [4.69, 9.17) is 0 Å². The van der Waals surface area contributed by atoms with E-state index < -0.39 is 0 Å². The van der Waals surface area contributed by atoms with Crippen molar-refractivity contribution in [3.63, 3.8) is 0 Å². The van der Waals surface area contributed by atoms with Crippen LogP contribution in [0.25, 0.3) is 0 Å². The van der Waals surface area contributed by atoms with Crippen LogP contribution in [0.1, 0.15) is 46.0 Å². The summed E-state index contributed by atoms with van der Waals surface area (Å²) in [5.41, 5.74) is 1.92. The van der Waals surface area contributed by atoms with Crippen LogP contribution in [0.2, 0.25) is 0 Å². The first-order chi connectivity index (χ1) is 10.1. The summed E-state index contributed by atoms with van der Waals surface area (Å²) in [6, 6.07) is 8.11. The Morgan fingerprint density at radius 2 is 1.71 bits per heavy atom. The summed E-state index contributed by atoms with van der Waals surface area (Å²) in [6.45, 7) is 5.31. The second kappa shape index (κ2) is 7.91. The molecule has 1 aromatic carbocycles. The van der Waals surface area contributed by atoms with Gasteiger partial charge in [0.15, 0.2) is 0 Å². The Morgan fingerprint density at radius 3 is 2.33 bits per heavy atom. The van der Waals surface area contributed by atoms with Crippen molar-refractivity contribution in [1.82, 2.24) is 5.32 Å². The molecule has 3 N–H and O–H groups in total. The van der Waals surface area contributed by atoms with Gasteiger partial charge in [-0.3, -0.25) is 0 Å². The molecular weight excluding hydrogens is 262 g/mol. The van der Waals surface area contributed by atoms with Gasteiger partial charge in [0, 0.05) is 24.0 Å². The molecule has 0 saturated heterocycles. The van der Waals surface area contributed by atoms with Gasteiger partial charge in [-0.25, -0.2) is 4.79 Å². The minimum absolute atomic E-state index is 0.0928. The lowest BCUT2D eigenvalue weighted by Gasteiger charge is -2.22. The molecule has 1 aromatic rings. The van der Waals surface area contributed by atoms with Gasteiger partial charge in [-0.05, 0) is 43.0 Å². The van der Waals surface area contributed by atoms with Gasteiger partial charge in [-0.1, -0.05) is 33.1 Å². The molecule has 0 bridgehead atoms. The molecule has 0 atom stereocenters. The number of urea groups is 1. The lowest BCUT2D eigenvalue weighted by atomic mass is 9.96. The summed E-state index contributed by atoms with van der Waals surface area (Å²) in [5.74, 6) is 0.615. The molecule has 2 amide bonds. The molecule has 0 heterocycles. The van der Waals surface area contributed by atoms with Gasteiger partial charge < -0.3 is 16.0 Å². The maximum absolute atomic E-state index is 11.9. The highest BCUT2D eigenvalue weighted by molar-refractivity contribution is 5.89. The minimum Gasteiger partial charge on any atom is -0.385 e. The Labute approximate surface area is 127 Å². The van der Waals surface area contributed by atoms with Crippen molar-refractivity contribution in [2.24, 2.45) is 5.92 Å². The zero-order chi connectivity index (χ0) is 15.1. The number of amides is 2. The molecule has 1 fully saturated rings. The quantitative estimate of drug-likeness (QED) is 0.760. The van der Waals surface area contributed by atoms with E-state index in [-0.39, 0.29) is 6.03 Å². The van der Waals surface area contributed by atoms with Crippen molar-refractivity contribution >= 4 is 17.4 Å². The molecule has 0 radical (unpaired) electrons. The first-order valence-corrected chi connectivity index (χ1v) is 8.05. The van der Waals surface area contributed by atoms with Crippen molar-refractivity contribution in [3.05, 3.63) is 24.3 Å². The van der Waals surface area contributed by atoms with Crippen molar-refractivity contribution < 1.29 is 4.79 Å². The van der Waals surface area contributed by atoms with Crippen molar-refractivity contribution in [3.8, 4) is 0 Å². The minimum atomic E-state index is -0.0928. The maximum atomic E-state index is 11.9. The topological polar surface area (TPSA) is 53.2 Å². The summed E-state index contributed by atoms with van der Waals surface area (Å²) in [7, 11) is 0. The highest BCUT2D eigenvalue weighted by Gasteiger charge is 2.15. The van der Waals surface area contributed by atoms with Crippen LogP contribution in [0.3, 0.4) is 0 Å². The monoisotopic (exact) mass is 289 g/mol. The van der Waals surface area contributed by atoms with Crippen LogP contribution in [0, 0.1) is 5.92 Å². The SMILES string of the molecule is CC(C)CNc1ccc(NC(=O)NC2CCCCC2)cc1. The molecule has 0 spiro atoms. The molecule has 0 aliphatic heterocycles. The van der Waals surface area contributed by atoms with E-state index in [2.05, 4.69) is 29.8 Å². The van der Waals surface area contributed by atoms with Gasteiger partial charge >= 0.3 is 6.03 Å². The van der Waals surface area contributed by atoms with Crippen LogP contribution in [0.15, 0.2) is 24.3 Å². The van der Waals surface area contributed by atoms with E-state index in [0.29, 0.717) is 12.0 Å². The number of anilines is 2. The van der Waals surface area contributed by atoms with Crippen LogP contribution in [0.4, 0.5) is 16.2 Å². The number of hydrogen-bond acceptors (Lipinski definition) is 2. The highest BCUT2D eigenvalue weighted by Crippen LogP contribution is 2.18. The highest BCUT2D eigenvalue weighted by atomic mass is 16.2. The maximum Gasteiger partial charge on any atom is 0.319 e. The predicted molar refractivity (Wildman–Crippen MR) is 88.8 cm³/mol. The van der Waals surface area contributed by atoms with Gasteiger partial charge in [-0.2, -0.15) is 0 Å². The fraction of sp³-hybridized carbons (Fsp3) is 0.588. The third-order valence-corrected chi connectivity index (χ3v) is 3.80. The fourth-order valence-electron chi connectivity index (χ4n) is 2.59. The molecule has 0 unspecified atom stereocenters. The van der Waals surface area contributed by atoms with Crippen LogP contribution in [-0.2, 0) is 0 Å². The normalized spacial score (nSPS) is 15.8. The number of carbonyl (C=O) groups is 1. The number of benzene rings is 1. The third-order valence-electron chi connectivity index (χ3n) is 3.80. The number of rotatable bonds is 5. The summed E-state index contributed by atoms with van der Waals surface area (Å²) in [6.07, 6.45) is 5.95. The Balaban J connectivity index is 1.77. The van der Waals surface area contributed by atoms with Gasteiger partial charge in [-0.15, -0.1) is 0 Å². The third kappa shape index (κ3) is 5.66. The Kier molecular flexibility index (Phi) is 5.90. The molecule has 1 saturated carbocycles. The van der Waals surface area contributed by atoms with Crippen LogP contribution >= 0.6 is 0 Å². The molecule has 4 nitrogen and oxygen atoms in total. The zero-order valence-corrected chi connectivity index (χ0v) is 13.1. The molecule has 21 heavy (non-hydrogen) atoms. The van der Waals surface area contributed by atoms with Crippen LogP contribution in [-0.4, -0.2) is 18.6 Å². The zero-order valence-electron chi connectivity index (χ0n) is 13.1. The molecule has 2 rings (SSSR count). The Hall–Kier alpha value is -1.71. The lowest BCUT2D eigenvalue weighted by molar-refractivity contribution is 0.244. The predicted octanol–water partition coefficient (Wildman–Crippen LogP) is 4.21. The first kappa shape index (κ1) is 15.7.